The van der Waals surface area contributed by atoms with Crippen LogP contribution in [-0.4, -0.2) is 43.8 Å². The van der Waals surface area contributed by atoms with Crippen molar-refractivity contribution >= 4 is 0 Å². The molecule has 1 aromatic carbocycles. The molecule has 0 spiro atoms. The van der Waals surface area contributed by atoms with Gasteiger partial charge in [0.25, 0.3) is 0 Å². The van der Waals surface area contributed by atoms with E-state index in [4.69, 9.17) is 4.74 Å². The molecule has 3 nitrogen and oxygen atoms in total. The highest BCUT2D eigenvalue weighted by molar-refractivity contribution is 5.20. The summed E-state index contributed by atoms with van der Waals surface area (Å²) in [5, 5.41) is 3.46. The van der Waals surface area contributed by atoms with Crippen molar-refractivity contribution in [1.82, 2.24) is 10.2 Å². The van der Waals surface area contributed by atoms with Gasteiger partial charge in [0.05, 0.1) is 6.10 Å². The zero-order valence-corrected chi connectivity index (χ0v) is 13.3. The molecule has 118 valence electrons. The molecule has 0 saturated carbocycles. The summed E-state index contributed by atoms with van der Waals surface area (Å²) in [7, 11) is 2.16. The molecule has 1 aromatic rings. The molecule has 3 atom stereocenters. The number of ether oxygens (including phenoxy) is 1. The van der Waals surface area contributed by atoms with Crippen molar-refractivity contribution in [2.24, 2.45) is 0 Å². The quantitative estimate of drug-likeness (QED) is 0.837. The maximum absolute atomic E-state index is 13.4. The van der Waals surface area contributed by atoms with Gasteiger partial charge < -0.3 is 15.0 Å². The van der Waals surface area contributed by atoms with Crippen molar-refractivity contribution in [3.63, 3.8) is 0 Å². The monoisotopic (exact) mass is 294 g/mol. The molecule has 1 aliphatic heterocycles. The minimum atomic E-state index is -0.165. The van der Waals surface area contributed by atoms with Crippen LogP contribution in [0.3, 0.4) is 0 Å². The van der Waals surface area contributed by atoms with E-state index < -0.39 is 0 Å². The van der Waals surface area contributed by atoms with Crippen LogP contribution in [0.4, 0.5) is 4.39 Å². The average molecular weight is 294 g/mol. The van der Waals surface area contributed by atoms with Crippen LogP contribution in [0.15, 0.2) is 24.3 Å². The van der Waals surface area contributed by atoms with Gasteiger partial charge in [0.1, 0.15) is 5.82 Å². The third-order valence-electron chi connectivity index (χ3n) is 4.37. The van der Waals surface area contributed by atoms with Gasteiger partial charge in [-0.2, -0.15) is 0 Å². The average Bonchev–Trinajstić information content (AvgIpc) is 2.89. The molecule has 1 heterocycles. The molecule has 0 bridgehead atoms. The largest absolute Gasteiger partial charge is 0.377 e. The summed E-state index contributed by atoms with van der Waals surface area (Å²) in [5.41, 5.74) is 1.03. The predicted molar refractivity (Wildman–Crippen MR) is 83.9 cm³/mol. The molecule has 2 rings (SSSR count). The molecule has 1 aliphatic rings. The summed E-state index contributed by atoms with van der Waals surface area (Å²) in [6, 6.07) is 7.61. The van der Waals surface area contributed by atoms with Crippen molar-refractivity contribution < 1.29 is 9.13 Å². The summed E-state index contributed by atoms with van der Waals surface area (Å²) in [6.07, 6.45) is 2.38. The van der Waals surface area contributed by atoms with E-state index in [-0.39, 0.29) is 11.9 Å². The molecule has 0 radical (unpaired) electrons. The molecule has 0 amide bonds. The summed E-state index contributed by atoms with van der Waals surface area (Å²) >= 11 is 0. The van der Waals surface area contributed by atoms with Crippen molar-refractivity contribution in [2.75, 3.05) is 26.7 Å². The van der Waals surface area contributed by atoms with E-state index >= 15 is 0 Å². The summed E-state index contributed by atoms with van der Waals surface area (Å²) in [4.78, 5) is 2.38. The first-order valence-corrected chi connectivity index (χ1v) is 7.92. The molecule has 1 saturated heterocycles. The Kier molecular flexibility index (Phi) is 6.15. The number of benzene rings is 1. The molecule has 0 aliphatic carbocycles. The van der Waals surface area contributed by atoms with Crippen LogP contribution in [0.25, 0.3) is 0 Å². The third kappa shape index (κ3) is 4.50. The SMILES string of the molecule is CCNC(CCN(C)C1CCOC1C)c1cccc(F)c1. The van der Waals surface area contributed by atoms with Crippen LogP contribution >= 0.6 is 0 Å². The second kappa shape index (κ2) is 7.87. The minimum Gasteiger partial charge on any atom is -0.377 e. The molecule has 21 heavy (non-hydrogen) atoms. The lowest BCUT2D eigenvalue weighted by atomic mass is 10.0. The third-order valence-corrected chi connectivity index (χ3v) is 4.37. The minimum absolute atomic E-state index is 0.165. The summed E-state index contributed by atoms with van der Waals surface area (Å²) in [6.45, 7) is 6.95. The van der Waals surface area contributed by atoms with Gasteiger partial charge >= 0.3 is 0 Å². The first-order valence-electron chi connectivity index (χ1n) is 7.92. The van der Waals surface area contributed by atoms with Gasteiger partial charge in [-0.25, -0.2) is 4.39 Å². The number of nitrogens with one attached hydrogen (secondary N) is 1. The van der Waals surface area contributed by atoms with Gasteiger partial charge in [0.2, 0.25) is 0 Å². The predicted octanol–water partition coefficient (Wildman–Crippen LogP) is 2.98. The Morgan fingerprint density at radius 1 is 1.48 bits per heavy atom. The zero-order chi connectivity index (χ0) is 15.2. The van der Waals surface area contributed by atoms with Crippen LogP contribution in [0.1, 0.15) is 38.3 Å². The zero-order valence-electron chi connectivity index (χ0n) is 13.3. The summed E-state index contributed by atoms with van der Waals surface area (Å²) in [5.74, 6) is -0.165. The van der Waals surface area contributed by atoms with Gasteiger partial charge in [-0.05, 0) is 51.1 Å². The highest BCUT2D eigenvalue weighted by Crippen LogP contribution is 2.22. The fourth-order valence-corrected chi connectivity index (χ4v) is 3.15. The number of hydrogen-bond donors (Lipinski definition) is 1. The van der Waals surface area contributed by atoms with Crippen molar-refractivity contribution in [2.45, 2.75) is 44.9 Å². The molecule has 0 aromatic heterocycles. The highest BCUT2D eigenvalue weighted by Gasteiger charge is 2.28. The van der Waals surface area contributed by atoms with Gasteiger partial charge in [0, 0.05) is 25.2 Å². The first kappa shape index (κ1) is 16.4. The number of likely N-dealkylation sites (N-methyl/N-ethyl adjacent to an activating group) is 1. The standard InChI is InChI=1S/C17H27FN2O/c1-4-19-16(14-6-5-7-15(18)12-14)8-10-20(3)17-9-11-21-13(17)2/h5-7,12-13,16-17,19H,4,8-11H2,1-3H3. The second-order valence-corrected chi connectivity index (χ2v) is 5.87. The lowest BCUT2D eigenvalue weighted by Gasteiger charge is -2.28. The molecule has 1 fully saturated rings. The molecule has 4 heteroatoms. The van der Waals surface area contributed by atoms with Gasteiger partial charge in [-0.15, -0.1) is 0 Å². The van der Waals surface area contributed by atoms with Gasteiger partial charge in [-0.1, -0.05) is 19.1 Å². The number of hydrogen-bond acceptors (Lipinski definition) is 3. The van der Waals surface area contributed by atoms with E-state index in [2.05, 4.69) is 31.1 Å². The molecular formula is C17H27FN2O. The van der Waals surface area contributed by atoms with Crippen LogP contribution < -0.4 is 5.32 Å². The lowest BCUT2D eigenvalue weighted by molar-refractivity contribution is 0.0823. The smallest absolute Gasteiger partial charge is 0.123 e. The second-order valence-electron chi connectivity index (χ2n) is 5.87. The fourth-order valence-electron chi connectivity index (χ4n) is 3.15. The van der Waals surface area contributed by atoms with E-state index in [0.29, 0.717) is 12.1 Å². The Balaban J connectivity index is 1.93. The van der Waals surface area contributed by atoms with E-state index in [1.165, 1.54) is 6.07 Å². The number of halogens is 1. The Bertz CT molecular complexity index is 441. The topological polar surface area (TPSA) is 24.5 Å². The van der Waals surface area contributed by atoms with E-state index in [1.54, 1.807) is 12.1 Å². The maximum atomic E-state index is 13.4. The van der Waals surface area contributed by atoms with Crippen molar-refractivity contribution in [3.8, 4) is 0 Å². The van der Waals surface area contributed by atoms with E-state index in [0.717, 1.165) is 38.1 Å². The fraction of sp³-hybridized carbons (Fsp3) is 0.647. The number of rotatable bonds is 7. The van der Waals surface area contributed by atoms with E-state index in [9.17, 15) is 4.39 Å². The van der Waals surface area contributed by atoms with Crippen LogP contribution in [0, 0.1) is 5.82 Å². The molecular weight excluding hydrogens is 267 g/mol. The maximum Gasteiger partial charge on any atom is 0.123 e. The molecule has 3 unspecified atom stereocenters. The Morgan fingerprint density at radius 3 is 2.90 bits per heavy atom. The van der Waals surface area contributed by atoms with Crippen molar-refractivity contribution in [3.05, 3.63) is 35.6 Å². The van der Waals surface area contributed by atoms with Crippen LogP contribution in [0.2, 0.25) is 0 Å². The normalized spacial score (nSPS) is 23.7. The Hall–Kier alpha value is -0.970. The van der Waals surface area contributed by atoms with E-state index in [1.807, 2.05) is 6.07 Å². The first-order chi connectivity index (χ1) is 10.1. The summed E-state index contributed by atoms with van der Waals surface area (Å²) < 4.78 is 19.0. The van der Waals surface area contributed by atoms with Crippen LogP contribution in [0.5, 0.6) is 0 Å². The Labute approximate surface area is 127 Å². The molecule has 1 N–H and O–H groups in total. The van der Waals surface area contributed by atoms with Gasteiger partial charge in [0.15, 0.2) is 0 Å². The van der Waals surface area contributed by atoms with Gasteiger partial charge in [-0.3, -0.25) is 0 Å². The van der Waals surface area contributed by atoms with Crippen LogP contribution in [-0.2, 0) is 4.74 Å². The lowest BCUT2D eigenvalue weighted by Crippen LogP contribution is -2.38. The highest BCUT2D eigenvalue weighted by atomic mass is 19.1. The van der Waals surface area contributed by atoms with Crippen molar-refractivity contribution in [1.29, 1.82) is 0 Å². The Morgan fingerprint density at radius 2 is 2.29 bits per heavy atom. The number of nitrogens with zero attached hydrogens (tertiary/aromatic N) is 1.